The van der Waals surface area contributed by atoms with Crippen LogP contribution in [0.2, 0.25) is 0 Å². The van der Waals surface area contributed by atoms with Crippen molar-refractivity contribution in [1.29, 1.82) is 0 Å². The lowest BCUT2D eigenvalue weighted by Gasteiger charge is -2.14. The number of hydrogen-bond donors (Lipinski definition) is 8. The number of imidazole rings is 3. The molecule has 3 aromatic heterocycles. The molecule has 57 heavy (non-hydrogen) atoms. The Morgan fingerprint density at radius 3 is 1.40 bits per heavy atom. The van der Waals surface area contributed by atoms with Gasteiger partial charge in [-0.05, 0) is 63.7 Å². The predicted molar refractivity (Wildman–Crippen MR) is 221 cm³/mol. The number of anilines is 2. The molecule has 310 valence electrons. The molecule has 8 N–H and O–H groups in total. The highest BCUT2D eigenvalue weighted by atomic mass is 19.4. The number of aryl methyl sites for hydroxylation is 1. The van der Waals surface area contributed by atoms with Crippen LogP contribution in [0.5, 0.6) is 0 Å². The number of aromatic amines is 3. The highest BCUT2D eigenvalue weighted by Gasteiger charge is 2.30. The van der Waals surface area contributed by atoms with Crippen LogP contribution in [0.3, 0.4) is 0 Å². The number of nitrogens with zero attached hydrogens (tertiary/aromatic N) is 3. The third-order valence-corrected chi connectivity index (χ3v) is 8.07. The van der Waals surface area contributed by atoms with Crippen molar-refractivity contribution in [1.82, 2.24) is 45.9 Å². The molecule has 5 rings (SSSR count). The van der Waals surface area contributed by atoms with E-state index >= 15 is 0 Å². The van der Waals surface area contributed by atoms with Gasteiger partial charge in [0.25, 0.3) is 0 Å². The number of rotatable bonds is 18. The van der Waals surface area contributed by atoms with Gasteiger partial charge in [0.15, 0.2) is 0 Å². The van der Waals surface area contributed by atoms with Gasteiger partial charge in [0.1, 0.15) is 0 Å². The van der Waals surface area contributed by atoms with Crippen molar-refractivity contribution in [2.45, 2.75) is 78.1 Å². The van der Waals surface area contributed by atoms with E-state index in [1.807, 2.05) is 57.4 Å². The minimum atomic E-state index is -4.38. The Hall–Kier alpha value is -5.58. The van der Waals surface area contributed by atoms with Gasteiger partial charge < -0.3 is 41.5 Å². The minimum absolute atomic E-state index is 0.0281. The predicted octanol–water partition coefficient (Wildman–Crippen LogP) is 6.61. The lowest BCUT2D eigenvalue weighted by molar-refractivity contribution is -0.137. The van der Waals surface area contributed by atoms with E-state index < -0.39 is 11.7 Å². The fourth-order valence-corrected chi connectivity index (χ4v) is 5.07. The Balaban J connectivity index is 0.000000309. The molecule has 0 radical (unpaired) electrons. The van der Waals surface area contributed by atoms with Crippen LogP contribution in [-0.4, -0.2) is 80.0 Å². The molecule has 0 bridgehead atoms. The maximum Gasteiger partial charge on any atom is 0.416 e. The van der Waals surface area contributed by atoms with Crippen LogP contribution in [0.15, 0.2) is 99.3 Å². The number of halogens is 3. The van der Waals surface area contributed by atoms with Crippen molar-refractivity contribution in [2.24, 2.45) is 0 Å². The molecule has 0 aliphatic rings. The Morgan fingerprint density at radius 2 is 1.05 bits per heavy atom. The molecule has 0 fully saturated rings. The zero-order valence-corrected chi connectivity index (χ0v) is 33.3. The van der Waals surface area contributed by atoms with Crippen LogP contribution in [0, 0.1) is 6.92 Å². The summed E-state index contributed by atoms with van der Waals surface area (Å²) in [6, 6.07) is 12.3. The number of nitrogens with one attached hydrogen (secondary N) is 8. The Kier molecular flexibility index (Phi) is 22.6. The normalized spacial score (nSPS) is 11.7. The van der Waals surface area contributed by atoms with Gasteiger partial charge in [-0.1, -0.05) is 24.6 Å². The fourth-order valence-electron chi connectivity index (χ4n) is 5.07. The van der Waals surface area contributed by atoms with Crippen LogP contribution in [0.25, 0.3) is 0 Å². The van der Waals surface area contributed by atoms with Crippen LogP contribution >= 0.6 is 0 Å². The smallest absolute Gasteiger partial charge is 0.348 e. The van der Waals surface area contributed by atoms with Crippen LogP contribution < -0.4 is 26.6 Å². The average Bonchev–Trinajstić information content (AvgIpc) is 4.00. The third-order valence-electron chi connectivity index (χ3n) is 8.07. The van der Waals surface area contributed by atoms with E-state index in [1.54, 1.807) is 25.2 Å². The summed E-state index contributed by atoms with van der Waals surface area (Å²) in [6.07, 6.45) is 9.39. The molecule has 0 saturated carbocycles. The molecule has 2 aromatic carbocycles. The van der Waals surface area contributed by atoms with E-state index in [0.717, 1.165) is 68.1 Å². The number of amides is 2. The summed E-state index contributed by atoms with van der Waals surface area (Å²) in [6.45, 7) is 17.6. The van der Waals surface area contributed by atoms with E-state index in [0.29, 0.717) is 18.7 Å². The van der Waals surface area contributed by atoms with E-state index in [2.05, 4.69) is 76.6 Å². The number of carbonyl (C=O) groups is 2. The van der Waals surface area contributed by atoms with Gasteiger partial charge in [0.05, 0.1) is 24.5 Å². The van der Waals surface area contributed by atoms with Gasteiger partial charge >= 0.3 is 6.18 Å². The lowest BCUT2D eigenvalue weighted by Crippen LogP contribution is -2.32. The maximum atomic E-state index is 12.5. The molecule has 3 heterocycles. The molecule has 13 nitrogen and oxygen atoms in total. The van der Waals surface area contributed by atoms with E-state index in [4.69, 9.17) is 0 Å². The number of H-pyrrole nitrogens is 3. The molecule has 2 unspecified atom stereocenters. The molecule has 0 saturated heterocycles. The van der Waals surface area contributed by atoms with Crippen LogP contribution in [0.4, 0.5) is 24.5 Å². The Bertz CT molecular complexity index is 1750. The van der Waals surface area contributed by atoms with E-state index in [-0.39, 0.29) is 30.3 Å². The first-order valence-electron chi connectivity index (χ1n) is 18.8. The molecule has 0 spiro atoms. The zero-order valence-electron chi connectivity index (χ0n) is 33.3. The van der Waals surface area contributed by atoms with Crippen molar-refractivity contribution < 1.29 is 22.8 Å². The molecule has 16 heteroatoms. The van der Waals surface area contributed by atoms with Gasteiger partial charge in [-0.25, -0.2) is 15.0 Å². The van der Waals surface area contributed by atoms with Crippen LogP contribution in [0.1, 0.15) is 61.8 Å². The largest absolute Gasteiger partial charge is 0.416 e. The Labute approximate surface area is 333 Å². The maximum absolute atomic E-state index is 12.5. The summed E-state index contributed by atoms with van der Waals surface area (Å²) in [7, 11) is 0. The van der Waals surface area contributed by atoms with Gasteiger partial charge in [0, 0.05) is 111 Å². The number of carbonyl (C=O) groups excluding carboxylic acids is 2. The SMILES string of the molecule is C=C.CC(CC(=O)Nc1ccc(C(F)(F)F)cc1)NCCc1cnc[nH]1.CCNCCc1cnc[nH]1.Cc1ccc(NC(=O)CC(C)NCCc2cnc[nH]2)cc1. The number of aromatic nitrogens is 6. The van der Waals surface area contributed by atoms with Crippen molar-refractivity contribution in [3.63, 3.8) is 0 Å². The van der Waals surface area contributed by atoms with Crippen molar-refractivity contribution in [3.05, 3.63) is 127 Å². The van der Waals surface area contributed by atoms with Gasteiger partial charge in [-0.3, -0.25) is 9.59 Å². The lowest BCUT2D eigenvalue weighted by atomic mass is 10.2. The Morgan fingerprint density at radius 1 is 0.667 bits per heavy atom. The first kappa shape index (κ1) is 47.6. The van der Waals surface area contributed by atoms with Gasteiger partial charge in [0.2, 0.25) is 11.8 Å². The summed E-state index contributed by atoms with van der Waals surface area (Å²) in [5.41, 5.74) is 4.92. The number of likely N-dealkylation sites (N-methyl/N-ethyl adjacent to an activating group) is 1. The average molecular weight is 794 g/mol. The van der Waals surface area contributed by atoms with Crippen molar-refractivity contribution in [2.75, 3.05) is 36.8 Å². The first-order chi connectivity index (χ1) is 27.4. The summed E-state index contributed by atoms with van der Waals surface area (Å²) in [5, 5.41) is 15.3. The van der Waals surface area contributed by atoms with Crippen molar-refractivity contribution in [3.8, 4) is 0 Å². The second-order valence-corrected chi connectivity index (χ2v) is 13.0. The highest BCUT2D eigenvalue weighted by molar-refractivity contribution is 5.91. The van der Waals surface area contributed by atoms with E-state index in [1.165, 1.54) is 23.4 Å². The van der Waals surface area contributed by atoms with Gasteiger partial charge in [-0.15, -0.1) is 13.2 Å². The highest BCUT2D eigenvalue weighted by Crippen LogP contribution is 2.29. The summed E-state index contributed by atoms with van der Waals surface area (Å²) in [4.78, 5) is 44.7. The zero-order chi connectivity index (χ0) is 41.9. The molecular weight excluding hydrogens is 736 g/mol. The molecule has 2 atom stereocenters. The molecule has 2 amide bonds. The molecule has 5 aromatic rings. The summed E-state index contributed by atoms with van der Waals surface area (Å²) >= 11 is 0. The molecular formula is C41H58F3N11O2. The molecule has 0 aliphatic carbocycles. The third kappa shape index (κ3) is 21.3. The quantitative estimate of drug-likeness (QED) is 0.0361. The second-order valence-electron chi connectivity index (χ2n) is 13.0. The number of benzene rings is 2. The number of hydrogen-bond acceptors (Lipinski definition) is 8. The molecule has 0 aliphatic heterocycles. The minimum Gasteiger partial charge on any atom is -0.348 e. The standard InChI is InChI=1S/C16H19F3N4O.C16H22N4O.C7H13N3.C2H4/c1-11(21-7-6-14-9-20-10-22-14)8-15(24)23-13-4-2-12(3-5-13)16(17,18)19;1-12-3-5-14(6-4-12)20-16(21)9-13(2)18-8-7-15-10-17-11-19-15;1-2-8-4-3-7-5-9-6-10-7;1-2/h2-5,9-11,21H,6-8H2,1H3,(H,20,22)(H,23,24);3-6,10-11,13,18H,7-9H2,1-2H3,(H,17,19)(H,20,21);5-6,8H,2-4H2,1H3,(H,9,10);1-2H2. The van der Waals surface area contributed by atoms with E-state index in [9.17, 15) is 22.8 Å². The first-order valence-corrected chi connectivity index (χ1v) is 18.8. The van der Waals surface area contributed by atoms with Gasteiger partial charge in [-0.2, -0.15) is 13.2 Å². The topological polar surface area (TPSA) is 180 Å². The fraction of sp³-hybridized carbons (Fsp3) is 0.390. The van der Waals surface area contributed by atoms with Crippen molar-refractivity contribution >= 4 is 23.2 Å². The second kappa shape index (κ2) is 27.1. The van der Waals surface area contributed by atoms with Crippen LogP contribution in [-0.2, 0) is 35.0 Å². The monoisotopic (exact) mass is 793 g/mol. The summed E-state index contributed by atoms with van der Waals surface area (Å²) in [5.74, 6) is -0.225. The summed E-state index contributed by atoms with van der Waals surface area (Å²) < 4.78 is 37.4. The number of alkyl halides is 3.